The monoisotopic (exact) mass is 205 g/mol. The van der Waals surface area contributed by atoms with Crippen LogP contribution in [0.15, 0.2) is 12.4 Å². The highest BCUT2D eigenvalue weighted by Gasteiger charge is 2.22. The summed E-state index contributed by atoms with van der Waals surface area (Å²) in [6.45, 7) is 3.71. The zero-order valence-electron chi connectivity index (χ0n) is 8.60. The molecule has 0 amide bonds. The highest BCUT2D eigenvalue weighted by Crippen LogP contribution is 2.14. The molecule has 1 aromatic heterocycles. The van der Waals surface area contributed by atoms with Crippen molar-refractivity contribution < 1.29 is 9.53 Å². The minimum Gasteiger partial charge on any atom is -0.465 e. The molecule has 1 atom stereocenters. The lowest BCUT2D eigenvalue weighted by molar-refractivity contribution is -0.143. The minimum atomic E-state index is -0.966. The number of esters is 1. The number of carbonyl (C=O) groups excluding carboxylic acids is 1. The molecular weight excluding hydrogens is 194 g/mol. The summed E-state index contributed by atoms with van der Waals surface area (Å²) in [5.74, 6) is -1.54. The molecule has 0 aliphatic heterocycles. The summed E-state index contributed by atoms with van der Waals surface area (Å²) in [4.78, 5) is 19.1. The predicted octanol–water partition coefficient (Wildman–Crippen LogP) is 0.955. The van der Waals surface area contributed by atoms with Gasteiger partial charge in [-0.1, -0.05) is 0 Å². The van der Waals surface area contributed by atoms with E-state index in [9.17, 15) is 4.79 Å². The van der Waals surface area contributed by atoms with Crippen molar-refractivity contribution in [3.05, 3.63) is 23.8 Å². The van der Waals surface area contributed by atoms with Crippen molar-refractivity contribution in [1.29, 1.82) is 5.26 Å². The third-order valence-corrected chi connectivity index (χ3v) is 1.77. The Balaban J connectivity index is 2.93. The number of nitrogens with zero attached hydrogens (tertiary/aromatic N) is 3. The maximum absolute atomic E-state index is 11.4. The van der Waals surface area contributed by atoms with E-state index in [1.807, 2.05) is 6.07 Å². The average Bonchev–Trinajstić information content (AvgIpc) is 2.19. The SMILES string of the molecule is CCOC(=O)C(C#N)c1cc(C)ncn1. The number of ether oxygens (including phenoxy) is 1. The second-order valence-electron chi connectivity index (χ2n) is 2.90. The molecule has 1 aromatic rings. The quantitative estimate of drug-likeness (QED) is 0.687. The molecular formula is C10H11N3O2. The molecule has 15 heavy (non-hydrogen) atoms. The molecule has 0 radical (unpaired) electrons. The van der Waals surface area contributed by atoms with E-state index < -0.39 is 11.9 Å². The highest BCUT2D eigenvalue weighted by atomic mass is 16.5. The van der Waals surface area contributed by atoms with Crippen LogP contribution < -0.4 is 0 Å². The fourth-order valence-electron chi connectivity index (χ4n) is 1.10. The third-order valence-electron chi connectivity index (χ3n) is 1.77. The molecule has 1 unspecified atom stereocenters. The average molecular weight is 205 g/mol. The van der Waals surface area contributed by atoms with Crippen molar-refractivity contribution in [2.45, 2.75) is 19.8 Å². The van der Waals surface area contributed by atoms with E-state index in [2.05, 4.69) is 9.97 Å². The van der Waals surface area contributed by atoms with Gasteiger partial charge in [0.2, 0.25) is 0 Å². The summed E-state index contributed by atoms with van der Waals surface area (Å²) in [5.41, 5.74) is 1.09. The van der Waals surface area contributed by atoms with Crippen molar-refractivity contribution in [2.75, 3.05) is 6.61 Å². The van der Waals surface area contributed by atoms with Crippen molar-refractivity contribution in [3.63, 3.8) is 0 Å². The summed E-state index contributed by atoms with van der Waals surface area (Å²) in [6.07, 6.45) is 1.33. The van der Waals surface area contributed by atoms with Gasteiger partial charge < -0.3 is 4.74 Å². The summed E-state index contributed by atoms with van der Waals surface area (Å²) in [5, 5.41) is 8.86. The van der Waals surface area contributed by atoms with Gasteiger partial charge >= 0.3 is 5.97 Å². The number of aryl methyl sites for hydroxylation is 1. The molecule has 1 heterocycles. The molecule has 0 bridgehead atoms. The van der Waals surface area contributed by atoms with E-state index in [1.54, 1.807) is 19.9 Å². The molecule has 0 fully saturated rings. The maximum Gasteiger partial charge on any atom is 0.329 e. The molecule has 0 spiro atoms. The topological polar surface area (TPSA) is 75.9 Å². The van der Waals surface area contributed by atoms with Crippen molar-refractivity contribution in [2.24, 2.45) is 0 Å². The van der Waals surface area contributed by atoms with Crippen LogP contribution in [0.25, 0.3) is 0 Å². The van der Waals surface area contributed by atoms with Gasteiger partial charge in [-0.2, -0.15) is 5.26 Å². The van der Waals surface area contributed by atoms with Crippen LogP contribution in [0.3, 0.4) is 0 Å². The van der Waals surface area contributed by atoms with Crippen molar-refractivity contribution in [1.82, 2.24) is 9.97 Å². The van der Waals surface area contributed by atoms with Gasteiger partial charge in [0.15, 0.2) is 5.92 Å². The van der Waals surface area contributed by atoms with Gasteiger partial charge in [-0.25, -0.2) is 9.97 Å². The van der Waals surface area contributed by atoms with Crippen LogP contribution >= 0.6 is 0 Å². The first-order valence-electron chi connectivity index (χ1n) is 4.53. The van der Waals surface area contributed by atoms with Crippen LogP contribution in [0.4, 0.5) is 0 Å². The first-order valence-corrected chi connectivity index (χ1v) is 4.53. The second kappa shape index (κ2) is 5.05. The molecule has 0 N–H and O–H groups in total. The van der Waals surface area contributed by atoms with Gasteiger partial charge in [0.1, 0.15) is 6.33 Å². The van der Waals surface area contributed by atoms with E-state index >= 15 is 0 Å². The summed E-state index contributed by atoms with van der Waals surface area (Å²) in [7, 11) is 0. The Morgan fingerprint density at radius 3 is 2.93 bits per heavy atom. The number of hydrogen-bond acceptors (Lipinski definition) is 5. The lowest BCUT2D eigenvalue weighted by Gasteiger charge is -2.07. The predicted molar refractivity (Wildman–Crippen MR) is 51.8 cm³/mol. The van der Waals surface area contributed by atoms with Gasteiger partial charge in [-0.05, 0) is 19.9 Å². The molecule has 5 nitrogen and oxygen atoms in total. The van der Waals surface area contributed by atoms with E-state index in [0.717, 1.165) is 0 Å². The minimum absolute atomic E-state index is 0.251. The Morgan fingerprint density at radius 2 is 2.40 bits per heavy atom. The molecule has 1 rings (SSSR count). The lowest BCUT2D eigenvalue weighted by atomic mass is 10.1. The molecule has 0 aliphatic carbocycles. The van der Waals surface area contributed by atoms with Gasteiger partial charge in [0, 0.05) is 5.69 Å². The smallest absolute Gasteiger partial charge is 0.329 e. The van der Waals surface area contributed by atoms with Gasteiger partial charge in [-0.15, -0.1) is 0 Å². The van der Waals surface area contributed by atoms with E-state index in [1.165, 1.54) is 6.33 Å². The Hall–Kier alpha value is -1.96. The van der Waals surface area contributed by atoms with Gasteiger partial charge in [-0.3, -0.25) is 4.79 Å². The van der Waals surface area contributed by atoms with Crippen LogP contribution in [0.5, 0.6) is 0 Å². The van der Waals surface area contributed by atoms with Gasteiger partial charge in [0.05, 0.1) is 18.4 Å². The molecule has 0 aliphatic rings. The zero-order chi connectivity index (χ0) is 11.3. The first kappa shape index (κ1) is 11.1. The second-order valence-corrected chi connectivity index (χ2v) is 2.90. The fourth-order valence-corrected chi connectivity index (χ4v) is 1.10. The summed E-state index contributed by atoms with van der Waals surface area (Å²) in [6, 6.07) is 3.47. The largest absolute Gasteiger partial charge is 0.465 e. The lowest BCUT2D eigenvalue weighted by Crippen LogP contribution is -2.15. The fraction of sp³-hybridized carbons (Fsp3) is 0.400. The molecule has 0 saturated heterocycles. The summed E-state index contributed by atoms with van der Waals surface area (Å²) >= 11 is 0. The first-order chi connectivity index (χ1) is 7.19. The third kappa shape index (κ3) is 2.74. The normalized spacial score (nSPS) is 11.5. The molecule has 5 heteroatoms. The van der Waals surface area contributed by atoms with E-state index in [0.29, 0.717) is 11.4 Å². The Kier molecular flexibility index (Phi) is 3.75. The number of rotatable bonds is 3. The van der Waals surface area contributed by atoms with Crippen LogP contribution in [-0.4, -0.2) is 22.5 Å². The number of hydrogen-bond donors (Lipinski definition) is 0. The standard InChI is InChI=1S/C10H11N3O2/c1-3-15-10(14)8(5-11)9-4-7(2)12-6-13-9/h4,6,8H,3H2,1-2H3. The van der Waals surface area contributed by atoms with E-state index in [-0.39, 0.29) is 6.61 Å². The molecule has 0 saturated carbocycles. The van der Waals surface area contributed by atoms with Crippen molar-refractivity contribution >= 4 is 5.97 Å². The number of carbonyl (C=O) groups is 1. The maximum atomic E-state index is 11.4. The Bertz CT molecular complexity index is 398. The molecule has 0 aromatic carbocycles. The Morgan fingerprint density at radius 1 is 1.67 bits per heavy atom. The number of aromatic nitrogens is 2. The Labute approximate surface area is 87.7 Å². The number of nitriles is 1. The van der Waals surface area contributed by atoms with Crippen LogP contribution in [-0.2, 0) is 9.53 Å². The highest BCUT2D eigenvalue weighted by molar-refractivity contribution is 5.80. The van der Waals surface area contributed by atoms with Crippen LogP contribution in [0.2, 0.25) is 0 Å². The zero-order valence-corrected chi connectivity index (χ0v) is 8.60. The summed E-state index contributed by atoms with van der Waals surface area (Å²) < 4.78 is 4.77. The molecule has 78 valence electrons. The van der Waals surface area contributed by atoms with Gasteiger partial charge in [0.25, 0.3) is 0 Å². The van der Waals surface area contributed by atoms with E-state index in [4.69, 9.17) is 10.00 Å². The van der Waals surface area contributed by atoms with Crippen LogP contribution in [0.1, 0.15) is 24.2 Å². The van der Waals surface area contributed by atoms with Crippen LogP contribution in [0, 0.1) is 18.3 Å². The van der Waals surface area contributed by atoms with Crippen molar-refractivity contribution in [3.8, 4) is 6.07 Å².